The van der Waals surface area contributed by atoms with Crippen molar-refractivity contribution in [2.75, 3.05) is 13.1 Å². The van der Waals surface area contributed by atoms with Gasteiger partial charge in [-0.15, -0.1) is 0 Å². The van der Waals surface area contributed by atoms with Gasteiger partial charge in [0.2, 0.25) is 17.7 Å². The zero-order valence-corrected chi connectivity index (χ0v) is 22.5. The van der Waals surface area contributed by atoms with E-state index in [1.165, 1.54) is 17.0 Å². The molecule has 11 nitrogen and oxygen atoms in total. The molecule has 1 fully saturated rings. The molecule has 4 atom stereocenters. The number of benzene rings is 2. The topological polar surface area (TPSA) is 188 Å². The summed E-state index contributed by atoms with van der Waals surface area (Å²) in [5, 5.41) is 24.5. The van der Waals surface area contributed by atoms with Crippen LogP contribution in [0.1, 0.15) is 43.2 Å². The molecule has 0 saturated carbocycles. The molecule has 40 heavy (non-hydrogen) atoms. The smallest absolute Gasteiger partial charge is 0.326 e. The molecule has 1 aliphatic heterocycles. The molecule has 0 bridgehead atoms. The first-order valence-electron chi connectivity index (χ1n) is 13.6. The van der Waals surface area contributed by atoms with Crippen molar-refractivity contribution in [3.63, 3.8) is 0 Å². The van der Waals surface area contributed by atoms with Gasteiger partial charge in [0.1, 0.15) is 23.9 Å². The predicted octanol–water partition coefficient (Wildman–Crippen LogP) is 0.679. The molecule has 11 heteroatoms. The number of nitrogens with two attached hydrogens (primary N) is 2. The number of phenolic OH excluding ortho intramolecular Hbond substituents is 1. The Balaban J connectivity index is 1.66. The van der Waals surface area contributed by atoms with Crippen LogP contribution in [0.3, 0.4) is 0 Å². The van der Waals surface area contributed by atoms with Crippen LogP contribution in [-0.4, -0.2) is 76.1 Å². The van der Waals surface area contributed by atoms with E-state index in [-0.39, 0.29) is 30.9 Å². The minimum Gasteiger partial charge on any atom is -0.508 e. The normalized spacial score (nSPS) is 17.1. The van der Waals surface area contributed by atoms with Crippen molar-refractivity contribution in [2.45, 2.75) is 69.1 Å². The van der Waals surface area contributed by atoms with Gasteiger partial charge in [-0.1, -0.05) is 42.5 Å². The quantitative estimate of drug-likeness (QED) is 0.184. The van der Waals surface area contributed by atoms with Gasteiger partial charge in [0.25, 0.3) is 0 Å². The number of nitrogens with zero attached hydrogens (tertiary/aromatic N) is 1. The Hall–Kier alpha value is -3.96. The van der Waals surface area contributed by atoms with Crippen molar-refractivity contribution in [3.8, 4) is 5.75 Å². The Bertz CT molecular complexity index is 1140. The fourth-order valence-corrected chi connectivity index (χ4v) is 4.84. The number of likely N-dealkylation sites (tertiary alicyclic amines) is 1. The molecule has 1 saturated heterocycles. The summed E-state index contributed by atoms with van der Waals surface area (Å²) < 4.78 is 0. The molecule has 0 aliphatic carbocycles. The van der Waals surface area contributed by atoms with Gasteiger partial charge in [-0.25, -0.2) is 4.79 Å². The average molecular weight is 554 g/mol. The maximum atomic E-state index is 13.3. The number of unbranched alkanes of at least 4 members (excludes halogenated alkanes) is 1. The maximum Gasteiger partial charge on any atom is 0.326 e. The first-order chi connectivity index (χ1) is 19.2. The number of carbonyl (C=O) groups is 4. The summed E-state index contributed by atoms with van der Waals surface area (Å²) in [6.45, 7) is 0.778. The number of aromatic hydroxyl groups is 1. The Morgan fingerprint density at radius 2 is 1.60 bits per heavy atom. The minimum absolute atomic E-state index is 0.0925. The zero-order valence-electron chi connectivity index (χ0n) is 22.5. The fourth-order valence-electron chi connectivity index (χ4n) is 4.84. The van der Waals surface area contributed by atoms with E-state index >= 15 is 0 Å². The van der Waals surface area contributed by atoms with E-state index < -0.39 is 42.0 Å². The first kappa shape index (κ1) is 30.6. The van der Waals surface area contributed by atoms with E-state index in [2.05, 4.69) is 10.6 Å². The lowest BCUT2D eigenvalue weighted by molar-refractivity contribution is -0.143. The standard InChI is InChI=1S/C29H39N5O6/c30-15-5-4-9-23(26(36)33-24(29(39)40)18-19-7-2-1-3-8-19)32-27(37)25-10-6-16-34(25)28(38)22(31)17-20-11-13-21(35)14-12-20/h1-3,7-8,11-14,22-25,35H,4-6,9-10,15-18,30-31H2,(H,32,37)(H,33,36)(H,39,40). The number of hydrogen-bond donors (Lipinski definition) is 6. The average Bonchev–Trinajstić information content (AvgIpc) is 3.43. The lowest BCUT2D eigenvalue weighted by atomic mass is 10.0. The lowest BCUT2D eigenvalue weighted by Gasteiger charge is -2.29. The summed E-state index contributed by atoms with van der Waals surface area (Å²) in [4.78, 5) is 53.1. The second-order valence-corrected chi connectivity index (χ2v) is 10.1. The van der Waals surface area contributed by atoms with Crippen molar-refractivity contribution in [3.05, 3.63) is 65.7 Å². The number of amides is 3. The molecule has 3 rings (SSSR count). The third-order valence-electron chi connectivity index (χ3n) is 7.02. The third-order valence-corrected chi connectivity index (χ3v) is 7.02. The highest BCUT2D eigenvalue weighted by Gasteiger charge is 2.38. The van der Waals surface area contributed by atoms with Gasteiger partial charge >= 0.3 is 5.97 Å². The number of nitrogens with one attached hydrogen (secondary N) is 2. The fraction of sp³-hybridized carbons (Fsp3) is 0.448. The van der Waals surface area contributed by atoms with Gasteiger partial charge in [-0.3, -0.25) is 14.4 Å². The number of carboxylic acid groups (broad SMARTS) is 1. The van der Waals surface area contributed by atoms with E-state index in [9.17, 15) is 29.4 Å². The van der Waals surface area contributed by atoms with Gasteiger partial charge in [-0.05, 0) is 68.3 Å². The first-order valence-corrected chi connectivity index (χ1v) is 13.6. The number of carboxylic acids is 1. The van der Waals surface area contributed by atoms with Crippen LogP contribution in [-0.2, 0) is 32.0 Å². The lowest BCUT2D eigenvalue weighted by Crippen LogP contribution is -2.57. The monoisotopic (exact) mass is 553 g/mol. The molecule has 2 aromatic carbocycles. The summed E-state index contributed by atoms with van der Waals surface area (Å²) in [5.41, 5.74) is 13.3. The molecular weight excluding hydrogens is 514 g/mol. The summed E-state index contributed by atoms with van der Waals surface area (Å²) >= 11 is 0. The van der Waals surface area contributed by atoms with Crippen LogP contribution in [0.4, 0.5) is 0 Å². The van der Waals surface area contributed by atoms with Crippen LogP contribution in [0.15, 0.2) is 54.6 Å². The van der Waals surface area contributed by atoms with E-state index in [1.807, 2.05) is 6.07 Å². The maximum absolute atomic E-state index is 13.3. The highest BCUT2D eigenvalue weighted by Crippen LogP contribution is 2.20. The highest BCUT2D eigenvalue weighted by molar-refractivity contribution is 5.94. The summed E-state index contributed by atoms with van der Waals surface area (Å²) in [6, 6.07) is 11.5. The van der Waals surface area contributed by atoms with Crippen molar-refractivity contribution in [2.24, 2.45) is 11.5 Å². The van der Waals surface area contributed by atoms with Crippen LogP contribution >= 0.6 is 0 Å². The van der Waals surface area contributed by atoms with Gasteiger partial charge in [0, 0.05) is 13.0 Å². The minimum atomic E-state index is -1.18. The molecular formula is C29H39N5O6. The van der Waals surface area contributed by atoms with E-state index in [4.69, 9.17) is 11.5 Å². The number of hydrogen-bond acceptors (Lipinski definition) is 7. The van der Waals surface area contributed by atoms with Crippen molar-refractivity contribution in [1.82, 2.24) is 15.5 Å². The molecule has 0 spiro atoms. The SMILES string of the molecule is NCCCCC(NC(=O)C1CCCN1C(=O)C(N)Cc1ccc(O)cc1)C(=O)NC(Cc1ccccc1)C(=O)O. The Morgan fingerprint density at radius 1 is 0.925 bits per heavy atom. The second-order valence-electron chi connectivity index (χ2n) is 10.1. The Kier molecular flexibility index (Phi) is 11.5. The van der Waals surface area contributed by atoms with Crippen LogP contribution in [0.2, 0.25) is 0 Å². The van der Waals surface area contributed by atoms with E-state index in [1.54, 1.807) is 36.4 Å². The van der Waals surface area contributed by atoms with Gasteiger partial charge < -0.3 is 37.2 Å². The van der Waals surface area contributed by atoms with Crippen LogP contribution < -0.4 is 22.1 Å². The molecule has 0 aromatic heterocycles. The molecule has 2 aromatic rings. The van der Waals surface area contributed by atoms with Gasteiger partial charge in [0.15, 0.2) is 0 Å². The molecule has 4 unspecified atom stereocenters. The van der Waals surface area contributed by atoms with Crippen LogP contribution in [0.25, 0.3) is 0 Å². The van der Waals surface area contributed by atoms with Crippen molar-refractivity contribution >= 4 is 23.7 Å². The largest absolute Gasteiger partial charge is 0.508 e. The summed E-state index contributed by atoms with van der Waals surface area (Å²) in [5.74, 6) is -2.53. The number of aliphatic carboxylic acids is 1. The third kappa shape index (κ3) is 8.78. The number of rotatable bonds is 14. The van der Waals surface area contributed by atoms with E-state index in [0.717, 1.165) is 11.1 Å². The number of phenols is 1. The summed E-state index contributed by atoms with van der Waals surface area (Å²) in [7, 11) is 0. The summed E-state index contributed by atoms with van der Waals surface area (Å²) in [6.07, 6.45) is 2.82. The van der Waals surface area contributed by atoms with Crippen molar-refractivity contribution in [1.29, 1.82) is 0 Å². The Morgan fingerprint density at radius 3 is 2.25 bits per heavy atom. The van der Waals surface area contributed by atoms with Gasteiger partial charge in [0.05, 0.1) is 6.04 Å². The van der Waals surface area contributed by atoms with Crippen molar-refractivity contribution < 1.29 is 29.4 Å². The van der Waals surface area contributed by atoms with Crippen LogP contribution in [0, 0.1) is 0 Å². The molecule has 216 valence electrons. The molecule has 3 amide bonds. The van der Waals surface area contributed by atoms with E-state index in [0.29, 0.717) is 38.8 Å². The Labute approximate surface area is 233 Å². The highest BCUT2D eigenvalue weighted by atomic mass is 16.4. The molecule has 1 aliphatic rings. The number of carbonyl (C=O) groups excluding carboxylic acids is 3. The van der Waals surface area contributed by atoms with Gasteiger partial charge in [-0.2, -0.15) is 0 Å². The predicted molar refractivity (Wildman–Crippen MR) is 149 cm³/mol. The molecule has 1 heterocycles. The zero-order chi connectivity index (χ0) is 29.1. The second kappa shape index (κ2) is 15.0. The van der Waals surface area contributed by atoms with Crippen LogP contribution in [0.5, 0.6) is 5.75 Å². The molecule has 0 radical (unpaired) electrons. The molecule has 8 N–H and O–H groups in total.